The van der Waals surface area contributed by atoms with Gasteiger partial charge < -0.3 is 0 Å². The molecule has 0 saturated carbocycles. The SMILES string of the molecule is CCCCCCCCCCCCCCCCC[C@H](C)CCI. The van der Waals surface area contributed by atoms with E-state index in [0.29, 0.717) is 0 Å². The standard InChI is InChI=1S/C21H43I/c1-3-4-5-6-7-8-9-10-11-12-13-14-15-16-17-18-21(2)19-20-22/h21H,3-20H2,1-2H3/t21-/m0/s1. The molecule has 0 bridgehead atoms. The predicted molar refractivity (Wildman–Crippen MR) is 112 cm³/mol. The van der Waals surface area contributed by atoms with E-state index in [1.54, 1.807) is 0 Å². The molecule has 0 saturated heterocycles. The topological polar surface area (TPSA) is 0 Å². The molecule has 0 aliphatic rings. The van der Waals surface area contributed by atoms with Crippen molar-refractivity contribution in [2.45, 2.75) is 123 Å². The van der Waals surface area contributed by atoms with Crippen LogP contribution in [0.1, 0.15) is 123 Å². The fraction of sp³-hybridized carbons (Fsp3) is 1.00. The molecule has 0 nitrogen and oxygen atoms in total. The fourth-order valence-corrected chi connectivity index (χ4v) is 4.26. The summed E-state index contributed by atoms with van der Waals surface area (Å²) >= 11 is 2.51. The van der Waals surface area contributed by atoms with Gasteiger partial charge in [0.15, 0.2) is 0 Å². The Balaban J connectivity index is 3.00. The Morgan fingerprint density at radius 3 is 1.27 bits per heavy atom. The zero-order valence-electron chi connectivity index (χ0n) is 15.7. The Bertz CT molecular complexity index is 190. The average Bonchev–Trinajstić information content (AvgIpc) is 2.51. The third kappa shape index (κ3) is 18.8. The van der Waals surface area contributed by atoms with E-state index in [0.717, 1.165) is 5.92 Å². The quantitative estimate of drug-likeness (QED) is 0.118. The van der Waals surface area contributed by atoms with E-state index in [1.807, 2.05) is 0 Å². The van der Waals surface area contributed by atoms with Crippen LogP contribution in [0.15, 0.2) is 0 Å². The van der Waals surface area contributed by atoms with Crippen molar-refractivity contribution in [1.82, 2.24) is 0 Å². The van der Waals surface area contributed by atoms with Crippen LogP contribution in [0.2, 0.25) is 0 Å². The number of hydrogen-bond donors (Lipinski definition) is 0. The summed E-state index contributed by atoms with van der Waals surface area (Å²) in [5.41, 5.74) is 0. The van der Waals surface area contributed by atoms with Crippen molar-refractivity contribution in [2.24, 2.45) is 5.92 Å². The minimum Gasteiger partial charge on any atom is -0.0864 e. The highest BCUT2D eigenvalue weighted by Crippen LogP contribution is 2.16. The van der Waals surface area contributed by atoms with Gasteiger partial charge in [0.05, 0.1) is 0 Å². The molecule has 0 aliphatic carbocycles. The molecule has 1 heteroatoms. The van der Waals surface area contributed by atoms with E-state index in [2.05, 4.69) is 36.4 Å². The number of alkyl halides is 1. The van der Waals surface area contributed by atoms with E-state index >= 15 is 0 Å². The van der Waals surface area contributed by atoms with Crippen molar-refractivity contribution in [3.8, 4) is 0 Å². The van der Waals surface area contributed by atoms with Gasteiger partial charge in [0.1, 0.15) is 0 Å². The lowest BCUT2D eigenvalue weighted by atomic mass is 9.99. The molecule has 0 aromatic carbocycles. The van der Waals surface area contributed by atoms with Crippen LogP contribution in [-0.4, -0.2) is 4.43 Å². The lowest BCUT2D eigenvalue weighted by Crippen LogP contribution is -1.95. The lowest BCUT2D eigenvalue weighted by Gasteiger charge is -2.08. The van der Waals surface area contributed by atoms with Crippen LogP contribution >= 0.6 is 22.6 Å². The second-order valence-corrected chi connectivity index (χ2v) is 8.40. The van der Waals surface area contributed by atoms with Crippen LogP contribution in [0.4, 0.5) is 0 Å². The second kappa shape index (κ2) is 19.8. The maximum absolute atomic E-state index is 2.51. The largest absolute Gasteiger partial charge is 0.0864 e. The van der Waals surface area contributed by atoms with Crippen LogP contribution < -0.4 is 0 Å². The van der Waals surface area contributed by atoms with E-state index in [4.69, 9.17) is 0 Å². The highest BCUT2D eigenvalue weighted by molar-refractivity contribution is 14.1. The molecular formula is C21H43I. The van der Waals surface area contributed by atoms with Gasteiger partial charge in [0, 0.05) is 0 Å². The summed E-state index contributed by atoms with van der Waals surface area (Å²) in [4.78, 5) is 0. The molecule has 0 radical (unpaired) electrons. The van der Waals surface area contributed by atoms with Crippen LogP contribution in [-0.2, 0) is 0 Å². The molecule has 0 N–H and O–H groups in total. The summed E-state index contributed by atoms with van der Waals surface area (Å²) in [7, 11) is 0. The van der Waals surface area contributed by atoms with Crippen LogP contribution in [0.25, 0.3) is 0 Å². The highest BCUT2D eigenvalue weighted by Gasteiger charge is 2.00. The van der Waals surface area contributed by atoms with Gasteiger partial charge in [-0.2, -0.15) is 0 Å². The van der Waals surface area contributed by atoms with Gasteiger partial charge in [-0.25, -0.2) is 0 Å². The average molecular weight is 422 g/mol. The Morgan fingerprint density at radius 1 is 0.545 bits per heavy atom. The summed E-state index contributed by atoms with van der Waals surface area (Å²) in [6.07, 6.45) is 24.9. The molecule has 0 aliphatic heterocycles. The highest BCUT2D eigenvalue weighted by atomic mass is 127. The van der Waals surface area contributed by atoms with Crippen LogP contribution in [0.3, 0.4) is 0 Å². The number of halogens is 1. The van der Waals surface area contributed by atoms with Crippen molar-refractivity contribution < 1.29 is 0 Å². The molecule has 0 spiro atoms. The molecular weight excluding hydrogens is 379 g/mol. The molecule has 134 valence electrons. The Hall–Kier alpha value is 0.730. The zero-order chi connectivity index (χ0) is 16.3. The first-order chi connectivity index (χ1) is 10.8. The van der Waals surface area contributed by atoms with Crippen molar-refractivity contribution in [1.29, 1.82) is 0 Å². The summed E-state index contributed by atoms with van der Waals surface area (Å²) in [6, 6.07) is 0. The Labute approximate surface area is 155 Å². The van der Waals surface area contributed by atoms with Gasteiger partial charge in [-0.15, -0.1) is 0 Å². The molecule has 0 fully saturated rings. The first kappa shape index (κ1) is 22.7. The van der Waals surface area contributed by atoms with Crippen molar-refractivity contribution >= 4 is 22.6 Å². The van der Waals surface area contributed by atoms with Gasteiger partial charge in [-0.3, -0.25) is 0 Å². The molecule has 0 unspecified atom stereocenters. The first-order valence-electron chi connectivity index (χ1n) is 10.4. The monoisotopic (exact) mass is 422 g/mol. The number of hydrogen-bond acceptors (Lipinski definition) is 0. The molecule has 22 heavy (non-hydrogen) atoms. The van der Waals surface area contributed by atoms with Gasteiger partial charge in [0.25, 0.3) is 0 Å². The van der Waals surface area contributed by atoms with Gasteiger partial charge >= 0.3 is 0 Å². The molecule has 1 atom stereocenters. The van der Waals surface area contributed by atoms with Crippen LogP contribution in [0.5, 0.6) is 0 Å². The number of rotatable bonds is 18. The van der Waals surface area contributed by atoms with Gasteiger partial charge in [0.2, 0.25) is 0 Å². The van der Waals surface area contributed by atoms with E-state index in [9.17, 15) is 0 Å². The maximum Gasteiger partial charge on any atom is -0.000219 e. The molecule has 0 aromatic heterocycles. The Morgan fingerprint density at radius 2 is 0.909 bits per heavy atom. The van der Waals surface area contributed by atoms with E-state index in [-0.39, 0.29) is 0 Å². The van der Waals surface area contributed by atoms with Gasteiger partial charge in [-0.05, 0) is 16.8 Å². The molecule has 0 rings (SSSR count). The third-order valence-corrected chi connectivity index (χ3v) is 5.53. The number of unbranched alkanes of at least 4 members (excludes halogenated alkanes) is 14. The summed E-state index contributed by atoms with van der Waals surface area (Å²) in [5, 5.41) is 0. The van der Waals surface area contributed by atoms with Crippen LogP contribution in [0, 0.1) is 5.92 Å². The third-order valence-electron chi connectivity index (χ3n) is 4.90. The fourth-order valence-electron chi connectivity index (χ4n) is 3.19. The lowest BCUT2D eigenvalue weighted by molar-refractivity contribution is 0.472. The van der Waals surface area contributed by atoms with Crippen molar-refractivity contribution in [3.63, 3.8) is 0 Å². The normalized spacial score (nSPS) is 12.7. The van der Waals surface area contributed by atoms with E-state index in [1.165, 1.54) is 114 Å². The first-order valence-corrected chi connectivity index (χ1v) is 11.9. The molecule has 0 aromatic rings. The summed E-state index contributed by atoms with van der Waals surface area (Å²) < 4.78 is 1.33. The predicted octanol–water partition coefficient (Wildman–Crippen LogP) is 8.71. The second-order valence-electron chi connectivity index (χ2n) is 7.32. The molecule has 0 heterocycles. The minimum atomic E-state index is 0.957. The zero-order valence-corrected chi connectivity index (χ0v) is 17.8. The molecule has 0 amide bonds. The van der Waals surface area contributed by atoms with E-state index < -0.39 is 0 Å². The summed E-state index contributed by atoms with van der Waals surface area (Å²) in [5.74, 6) is 0.957. The smallest absolute Gasteiger partial charge is 0.000219 e. The maximum atomic E-state index is 2.51. The van der Waals surface area contributed by atoms with Crippen molar-refractivity contribution in [2.75, 3.05) is 4.43 Å². The minimum absolute atomic E-state index is 0.957. The Kier molecular flexibility index (Phi) is 20.4. The summed E-state index contributed by atoms with van der Waals surface area (Å²) in [6.45, 7) is 4.72. The van der Waals surface area contributed by atoms with Gasteiger partial charge in [-0.1, -0.05) is 139 Å². The van der Waals surface area contributed by atoms with Crippen molar-refractivity contribution in [3.05, 3.63) is 0 Å².